The second kappa shape index (κ2) is 12.8. The topological polar surface area (TPSA) is 106 Å². The Kier molecular flexibility index (Phi) is 8.85. The van der Waals surface area contributed by atoms with Crippen molar-refractivity contribution in [2.24, 2.45) is 0 Å². The summed E-state index contributed by atoms with van der Waals surface area (Å²) in [6, 6.07) is 3.65. The number of aryl methyl sites for hydroxylation is 1. The molecule has 3 aliphatic rings. The van der Waals surface area contributed by atoms with Gasteiger partial charge in [0.2, 0.25) is 5.88 Å². The Balaban J connectivity index is 1.49. The highest BCUT2D eigenvalue weighted by atomic mass is 19.4. The Bertz CT molecular complexity index is 2330. The minimum atomic E-state index is -5.09. The van der Waals surface area contributed by atoms with Crippen molar-refractivity contribution in [3.8, 4) is 29.5 Å². The number of benzene rings is 2. The van der Waals surface area contributed by atoms with Gasteiger partial charge in [-0.2, -0.15) is 13.2 Å². The third-order valence-electron chi connectivity index (χ3n) is 9.97. The first-order valence-corrected chi connectivity index (χ1v) is 17.9. The van der Waals surface area contributed by atoms with Gasteiger partial charge in [-0.25, -0.2) is 28.3 Å². The number of terminal acetylenes is 1. The van der Waals surface area contributed by atoms with Gasteiger partial charge in [-0.1, -0.05) is 12.0 Å². The number of carbonyl (C=O) groups excluding carboxylic acids is 2. The number of pyridine rings is 2. The maximum absolute atomic E-state index is 17.5. The first kappa shape index (κ1) is 37.9. The molecule has 1 N–H and O–H groups in total. The van der Waals surface area contributed by atoms with E-state index in [1.54, 1.807) is 58.3 Å². The van der Waals surface area contributed by atoms with Crippen LogP contribution < -0.4 is 15.0 Å². The van der Waals surface area contributed by atoms with E-state index in [1.807, 2.05) is 0 Å². The van der Waals surface area contributed by atoms with Gasteiger partial charge in [0.25, 0.3) is 0 Å². The van der Waals surface area contributed by atoms with Gasteiger partial charge >= 0.3 is 18.4 Å². The summed E-state index contributed by atoms with van der Waals surface area (Å²) in [5, 5.41) is 1.63. The van der Waals surface area contributed by atoms with Crippen LogP contribution in [0.15, 0.2) is 24.3 Å². The third-order valence-corrected chi connectivity index (χ3v) is 9.97. The van der Waals surface area contributed by atoms with Gasteiger partial charge < -0.3 is 19.1 Å². The van der Waals surface area contributed by atoms with Gasteiger partial charge in [0.05, 0.1) is 40.3 Å². The average molecular weight is 766 g/mol. The van der Waals surface area contributed by atoms with Crippen LogP contribution in [-0.2, 0) is 15.7 Å². The van der Waals surface area contributed by atoms with E-state index in [4.69, 9.17) is 20.6 Å². The molecule has 3 aliphatic heterocycles. The maximum Gasteiger partial charge on any atom is 0.418 e. The van der Waals surface area contributed by atoms with Gasteiger partial charge in [0.15, 0.2) is 5.82 Å². The Labute approximate surface area is 314 Å². The Hall–Kier alpha value is -5.39. The fourth-order valence-corrected chi connectivity index (χ4v) is 8.14. The summed E-state index contributed by atoms with van der Waals surface area (Å²) in [6.07, 6.45) is -0.400. The molecule has 2 amide bonds. The van der Waals surface area contributed by atoms with E-state index in [9.17, 15) is 9.59 Å². The van der Waals surface area contributed by atoms with Crippen molar-refractivity contribution in [1.82, 2.24) is 14.9 Å². The molecule has 0 aliphatic carbocycles. The van der Waals surface area contributed by atoms with E-state index in [2.05, 4.69) is 21.2 Å². The molecule has 290 valence electrons. The number of rotatable bonds is 2. The quantitative estimate of drug-likeness (QED) is 0.159. The third kappa shape index (κ3) is 6.59. The zero-order valence-corrected chi connectivity index (χ0v) is 31.5. The van der Waals surface area contributed by atoms with Crippen LogP contribution in [-0.4, -0.2) is 69.0 Å². The summed E-state index contributed by atoms with van der Waals surface area (Å²) in [4.78, 5) is 38.8. The second-order valence-corrected chi connectivity index (χ2v) is 16.2. The summed E-state index contributed by atoms with van der Waals surface area (Å²) in [5.41, 5.74) is -4.59. The van der Waals surface area contributed by atoms with E-state index < -0.39 is 81.7 Å². The molecule has 2 aromatic carbocycles. The zero-order chi connectivity index (χ0) is 40.1. The molecule has 55 heavy (non-hydrogen) atoms. The summed E-state index contributed by atoms with van der Waals surface area (Å²) in [6.45, 7) is 13.3. The van der Waals surface area contributed by atoms with E-state index in [0.717, 1.165) is 13.0 Å². The van der Waals surface area contributed by atoms with Crippen LogP contribution in [0.5, 0.6) is 5.88 Å². The number of hydrogen-bond donors (Lipinski definition) is 1. The number of ether oxygens (including phenoxy) is 3. The molecule has 0 saturated carbocycles. The molecular formula is C40H40F5N5O5. The van der Waals surface area contributed by atoms with Gasteiger partial charge in [0.1, 0.15) is 34.6 Å². The van der Waals surface area contributed by atoms with Crippen LogP contribution in [0.1, 0.15) is 78.1 Å². The Morgan fingerprint density at radius 1 is 0.982 bits per heavy atom. The van der Waals surface area contributed by atoms with Crippen molar-refractivity contribution < 1.29 is 45.8 Å². The zero-order valence-electron chi connectivity index (χ0n) is 31.5. The van der Waals surface area contributed by atoms with Crippen molar-refractivity contribution in [2.75, 3.05) is 16.8 Å². The summed E-state index contributed by atoms with van der Waals surface area (Å²) in [5.74, 6) is -0.265. The van der Waals surface area contributed by atoms with Crippen LogP contribution >= 0.6 is 0 Å². The lowest BCUT2D eigenvalue weighted by atomic mass is 9.93. The lowest BCUT2D eigenvalue weighted by Gasteiger charge is -2.48. The molecule has 0 spiro atoms. The Morgan fingerprint density at radius 3 is 2.31 bits per heavy atom. The monoisotopic (exact) mass is 765 g/mol. The van der Waals surface area contributed by atoms with Gasteiger partial charge in [-0.15, -0.1) is 6.42 Å². The number of halogens is 5. The fourth-order valence-electron chi connectivity index (χ4n) is 8.14. The first-order chi connectivity index (χ1) is 25.6. The van der Waals surface area contributed by atoms with Crippen molar-refractivity contribution in [3.05, 3.63) is 52.7 Å². The molecule has 2 bridgehead atoms. The Morgan fingerprint density at radius 2 is 1.67 bits per heavy atom. The average Bonchev–Trinajstić information content (AvgIpc) is 3.30. The predicted octanol–water partition coefficient (Wildman–Crippen LogP) is 9.12. The van der Waals surface area contributed by atoms with E-state index in [-0.39, 0.29) is 57.3 Å². The van der Waals surface area contributed by atoms with Crippen LogP contribution in [0, 0.1) is 30.9 Å². The second-order valence-electron chi connectivity index (χ2n) is 16.2. The van der Waals surface area contributed by atoms with E-state index in [1.165, 1.54) is 18.2 Å². The molecule has 5 heterocycles. The van der Waals surface area contributed by atoms with Crippen LogP contribution in [0.25, 0.3) is 32.8 Å². The lowest BCUT2D eigenvalue weighted by Crippen LogP contribution is -2.65. The first-order valence-electron chi connectivity index (χ1n) is 17.9. The lowest BCUT2D eigenvalue weighted by molar-refractivity contribution is -0.137. The van der Waals surface area contributed by atoms with Crippen LogP contribution in [0.2, 0.25) is 0 Å². The number of carbonyl (C=O) groups is 2. The predicted molar refractivity (Wildman–Crippen MR) is 196 cm³/mol. The number of hydrogen-bond acceptors (Lipinski definition) is 8. The standard InChI is InChI=1S/C40H40F5N5O5/c1-10-23-25(41)13-11-20-15-21(47-36(51)54-38(4,5)6)16-24(27(20)23)32-31(42)28-29-34(46-18(2)30(28)40(43,44)45)49-17-22-12-14-26(33(49)19(3)53-35(29)48-32)50(22)37(52)55-39(7,8)9/h1,11,13,15-16,19,22,26,33H,12,14,17H2,2-9H3,(H,47,51)/t19-,22+,26-,33+/m0/s1. The number of fused-ring (bicyclic) bond motifs is 6. The molecular weight excluding hydrogens is 725 g/mol. The SMILES string of the molecule is C#Cc1c(F)ccc2cc(NC(=O)OC(C)(C)C)cc(-c3nc4c5c(nc(C)c(C(F)(F)F)c5c3F)N3C[C@H]5CC[C@@H]([C@H]3[C@H](C)O4)N5C(=O)OC(C)(C)C)c12. The fraction of sp³-hybridized carbons (Fsp3) is 0.450. The van der Waals surface area contributed by atoms with Crippen molar-refractivity contribution in [1.29, 1.82) is 0 Å². The van der Waals surface area contributed by atoms with Crippen LogP contribution in [0.4, 0.5) is 43.0 Å². The summed E-state index contributed by atoms with van der Waals surface area (Å²) >= 11 is 0. The van der Waals surface area contributed by atoms with Crippen molar-refractivity contribution in [2.45, 2.75) is 110 Å². The highest BCUT2D eigenvalue weighted by Gasteiger charge is 2.54. The number of nitrogens with zero attached hydrogens (tertiary/aromatic N) is 4. The molecule has 2 aromatic heterocycles. The van der Waals surface area contributed by atoms with E-state index in [0.29, 0.717) is 12.8 Å². The normalized spacial score (nSPS) is 20.8. The summed E-state index contributed by atoms with van der Waals surface area (Å²) in [7, 11) is 0. The molecule has 15 heteroatoms. The number of alkyl halides is 3. The molecule has 7 rings (SSSR count). The molecule has 2 fully saturated rings. The summed E-state index contributed by atoms with van der Waals surface area (Å²) < 4.78 is 95.6. The number of amides is 2. The number of nitrogens with one attached hydrogen (secondary N) is 1. The minimum absolute atomic E-state index is 0.0286. The minimum Gasteiger partial charge on any atom is -0.472 e. The molecule has 0 radical (unpaired) electrons. The molecule has 2 saturated heterocycles. The van der Waals surface area contributed by atoms with Crippen LogP contribution in [0.3, 0.4) is 0 Å². The molecule has 10 nitrogen and oxygen atoms in total. The highest BCUT2D eigenvalue weighted by molar-refractivity contribution is 6.07. The van der Waals surface area contributed by atoms with E-state index >= 15 is 22.0 Å². The highest BCUT2D eigenvalue weighted by Crippen LogP contribution is 2.51. The number of anilines is 2. The molecule has 4 atom stereocenters. The van der Waals surface area contributed by atoms with Gasteiger partial charge in [-0.3, -0.25) is 10.2 Å². The smallest absolute Gasteiger partial charge is 0.418 e. The maximum atomic E-state index is 17.5. The van der Waals surface area contributed by atoms with Crippen molar-refractivity contribution in [3.63, 3.8) is 0 Å². The number of piperazine rings is 1. The molecule has 0 unspecified atom stereocenters. The number of aromatic nitrogens is 2. The molecule has 4 aromatic rings. The van der Waals surface area contributed by atoms with Gasteiger partial charge in [0, 0.05) is 28.6 Å². The van der Waals surface area contributed by atoms with Crippen molar-refractivity contribution >= 4 is 45.2 Å². The largest absolute Gasteiger partial charge is 0.472 e. The van der Waals surface area contributed by atoms with Gasteiger partial charge in [-0.05, 0) is 91.8 Å².